The van der Waals surface area contributed by atoms with Crippen LogP contribution in [0.25, 0.3) is 21.1 Å². The van der Waals surface area contributed by atoms with Crippen molar-refractivity contribution in [3.8, 4) is 0 Å². The van der Waals surface area contributed by atoms with E-state index in [1.54, 1.807) is 13.1 Å². The average molecular weight is 397 g/mol. The van der Waals surface area contributed by atoms with E-state index in [2.05, 4.69) is 15.0 Å². The van der Waals surface area contributed by atoms with E-state index >= 15 is 0 Å². The Balaban J connectivity index is 1.40. The molecule has 6 nitrogen and oxygen atoms in total. The Morgan fingerprint density at radius 1 is 1.22 bits per heavy atom. The maximum absolute atomic E-state index is 12.6. The van der Waals surface area contributed by atoms with Gasteiger partial charge in [-0.05, 0) is 24.4 Å². The summed E-state index contributed by atoms with van der Waals surface area (Å²) >= 11 is 2.80. The Bertz CT molecular complexity index is 1140. The summed E-state index contributed by atoms with van der Waals surface area (Å²) in [6.45, 7) is 1.59. The van der Waals surface area contributed by atoms with Gasteiger partial charge in [-0.1, -0.05) is 30.0 Å². The zero-order valence-electron chi connectivity index (χ0n) is 14.3. The van der Waals surface area contributed by atoms with Crippen molar-refractivity contribution in [1.29, 1.82) is 0 Å². The molecule has 4 aromatic rings. The lowest BCUT2D eigenvalue weighted by Crippen LogP contribution is -2.25. The number of aromatic nitrogens is 3. The third kappa shape index (κ3) is 3.58. The fourth-order valence-corrected chi connectivity index (χ4v) is 4.35. The summed E-state index contributed by atoms with van der Waals surface area (Å²) in [6.07, 6.45) is 2.28. The van der Waals surface area contributed by atoms with Crippen LogP contribution in [-0.2, 0) is 9.53 Å². The summed E-state index contributed by atoms with van der Waals surface area (Å²) < 4.78 is 5.34. The van der Waals surface area contributed by atoms with Gasteiger partial charge in [-0.3, -0.25) is 9.59 Å². The van der Waals surface area contributed by atoms with Gasteiger partial charge in [0.2, 0.25) is 5.78 Å². The van der Waals surface area contributed by atoms with E-state index in [0.717, 1.165) is 26.1 Å². The number of hydrogen-bond acceptors (Lipinski definition) is 7. The number of para-hydroxylation sites is 1. The number of ether oxygens (including phenoxy) is 1. The van der Waals surface area contributed by atoms with E-state index in [0.29, 0.717) is 5.56 Å². The lowest BCUT2D eigenvalue weighted by molar-refractivity contribution is -0.143. The van der Waals surface area contributed by atoms with Gasteiger partial charge in [0, 0.05) is 28.0 Å². The molecule has 0 aliphatic heterocycles. The molecule has 0 saturated carbocycles. The quantitative estimate of drug-likeness (QED) is 0.228. The molecule has 136 valence electrons. The van der Waals surface area contributed by atoms with Gasteiger partial charge in [-0.25, -0.2) is 9.97 Å². The van der Waals surface area contributed by atoms with Crippen LogP contribution < -0.4 is 0 Å². The van der Waals surface area contributed by atoms with E-state index in [9.17, 15) is 9.59 Å². The van der Waals surface area contributed by atoms with Crippen LogP contribution in [0.5, 0.6) is 0 Å². The first-order chi connectivity index (χ1) is 13.1. The second-order valence-electron chi connectivity index (χ2n) is 5.85. The SMILES string of the molecule is C[C@H](OC(=O)CSc1ncnc2sccc12)C(=O)c1c[nH]c2ccccc12. The van der Waals surface area contributed by atoms with Gasteiger partial charge in [-0.15, -0.1) is 11.3 Å². The van der Waals surface area contributed by atoms with Crippen molar-refractivity contribution in [3.05, 3.63) is 53.8 Å². The van der Waals surface area contributed by atoms with Crippen LogP contribution >= 0.6 is 23.1 Å². The number of fused-ring (bicyclic) bond motifs is 2. The molecule has 3 heterocycles. The minimum absolute atomic E-state index is 0.0768. The van der Waals surface area contributed by atoms with Gasteiger partial charge in [-0.2, -0.15) is 0 Å². The third-order valence-electron chi connectivity index (χ3n) is 4.08. The van der Waals surface area contributed by atoms with Gasteiger partial charge >= 0.3 is 5.97 Å². The monoisotopic (exact) mass is 397 g/mol. The summed E-state index contributed by atoms with van der Waals surface area (Å²) in [6, 6.07) is 9.45. The van der Waals surface area contributed by atoms with Crippen LogP contribution in [-0.4, -0.2) is 38.6 Å². The smallest absolute Gasteiger partial charge is 0.317 e. The van der Waals surface area contributed by atoms with Crippen LogP contribution in [0.15, 0.2) is 53.3 Å². The summed E-state index contributed by atoms with van der Waals surface area (Å²) in [7, 11) is 0. The number of ketones is 1. The first-order valence-corrected chi connectivity index (χ1v) is 10.1. The molecule has 0 spiro atoms. The van der Waals surface area contributed by atoms with Crippen LogP contribution in [0.4, 0.5) is 0 Å². The number of nitrogens with one attached hydrogen (secondary N) is 1. The number of nitrogens with zero attached hydrogens (tertiary/aromatic N) is 2. The molecule has 0 unspecified atom stereocenters. The van der Waals surface area contributed by atoms with Crippen molar-refractivity contribution in [1.82, 2.24) is 15.0 Å². The normalized spacial score (nSPS) is 12.3. The Labute approximate surface area is 163 Å². The second-order valence-corrected chi connectivity index (χ2v) is 7.71. The van der Waals surface area contributed by atoms with E-state index in [1.165, 1.54) is 29.4 Å². The van der Waals surface area contributed by atoms with Crippen LogP contribution in [0.1, 0.15) is 17.3 Å². The highest BCUT2D eigenvalue weighted by atomic mass is 32.2. The highest BCUT2D eigenvalue weighted by Gasteiger charge is 2.22. The fourth-order valence-electron chi connectivity index (χ4n) is 2.79. The number of thiophene rings is 1. The summed E-state index contributed by atoms with van der Waals surface area (Å²) in [5, 5.41) is 4.40. The van der Waals surface area contributed by atoms with Crippen molar-refractivity contribution in [3.63, 3.8) is 0 Å². The number of esters is 1. The molecule has 0 amide bonds. The number of Topliss-reactive ketones (excluding diaryl/α,β-unsaturated/α-hetero) is 1. The third-order valence-corrected chi connectivity index (χ3v) is 5.88. The number of hydrogen-bond donors (Lipinski definition) is 1. The second kappa shape index (κ2) is 7.50. The molecule has 3 aromatic heterocycles. The number of carbonyl (C=O) groups is 2. The van der Waals surface area contributed by atoms with Crippen molar-refractivity contribution in [2.24, 2.45) is 0 Å². The van der Waals surface area contributed by atoms with E-state index in [-0.39, 0.29) is 11.5 Å². The molecule has 8 heteroatoms. The summed E-state index contributed by atoms with van der Waals surface area (Å²) in [4.78, 5) is 37.2. The first kappa shape index (κ1) is 17.7. The maximum atomic E-state index is 12.6. The molecule has 1 aromatic carbocycles. The molecule has 1 N–H and O–H groups in total. The molecular formula is C19H15N3O3S2. The highest BCUT2D eigenvalue weighted by molar-refractivity contribution is 8.00. The molecule has 0 bridgehead atoms. The standard InChI is InChI=1S/C19H15N3O3S2/c1-11(17(24)14-8-20-15-5-3-2-4-12(14)15)25-16(23)9-27-19-13-6-7-26-18(13)21-10-22-19/h2-8,10-11,20H,9H2,1H3/t11-/m0/s1. The Hall–Kier alpha value is -2.71. The van der Waals surface area contributed by atoms with Crippen molar-refractivity contribution >= 4 is 56.0 Å². The number of thioether (sulfide) groups is 1. The number of rotatable bonds is 6. The largest absolute Gasteiger partial charge is 0.454 e. The van der Waals surface area contributed by atoms with Crippen LogP contribution in [0.3, 0.4) is 0 Å². The van der Waals surface area contributed by atoms with E-state index < -0.39 is 12.1 Å². The number of H-pyrrole nitrogens is 1. The van der Waals surface area contributed by atoms with Gasteiger partial charge in [0.25, 0.3) is 0 Å². The molecule has 4 rings (SSSR count). The number of benzene rings is 1. The zero-order chi connectivity index (χ0) is 18.8. The lowest BCUT2D eigenvalue weighted by atomic mass is 10.1. The van der Waals surface area contributed by atoms with E-state index in [4.69, 9.17) is 4.74 Å². The molecule has 0 aliphatic carbocycles. The van der Waals surface area contributed by atoms with Crippen molar-refractivity contribution in [2.75, 3.05) is 5.75 Å². The number of aromatic amines is 1. The maximum Gasteiger partial charge on any atom is 0.317 e. The molecular weight excluding hydrogens is 382 g/mol. The fraction of sp³-hybridized carbons (Fsp3) is 0.158. The van der Waals surface area contributed by atoms with Crippen LogP contribution in [0.2, 0.25) is 0 Å². The minimum atomic E-state index is -0.858. The summed E-state index contributed by atoms with van der Waals surface area (Å²) in [5.74, 6) is -0.608. The average Bonchev–Trinajstić information content (AvgIpc) is 3.32. The van der Waals surface area contributed by atoms with Gasteiger partial charge in [0.1, 0.15) is 16.2 Å². The minimum Gasteiger partial charge on any atom is -0.454 e. The Kier molecular flexibility index (Phi) is 4.91. The topological polar surface area (TPSA) is 84.9 Å². The Morgan fingerprint density at radius 2 is 2.07 bits per heavy atom. The van der Waals surface area contributed by atoms with Crippen LogP contribution in [0, 0.1) is 0 Å². The number of carbonyl (C=O) groups excluding carboxylic acids is 2. The molecule has 0 aliphatic rings. The van der Waals surface area contributed by atoms with Gasteiger partial charge in [0.15, 0.2) is 6.10 Å². The highest BCUT2D eigenvalue weighted by Crippen LogP contribution is 2.27. The molecule has 0 radical (unpaired) electrons. The van der Waals surface area contributed by atoms with E-state index in [1.807, 2.05) is 35.7 Å². The molecule has 1 atom stereocenters. The Morgan fingerprint density at radius 3 is 2.96 bits per heavy atom. The van der Waals surface area contributed by atoms with Crippen molar-refractivity contribution < 1.29 is 14.3 Å². The first-order valence-electron chi connectivity index (χ1n) is 8.24. The molecule has 0 saturated heterocycles. The van der Waals surface area contributed by atoms with Gasteiger partial charge < -0.3 is 9.72 Å². The molecule has 0 fully saturated rings. The lowest BCUT2D eigenvalue weighted by Gasteiger charge is -2.11. The summed E-state index contributed by atoms with van der Waals surface area (Å²) in [5.41, 5.74) is 1.40. The predicted molar refractivity (Wildman–Crippen MR) is 106 cm³/mol. The zero-order valence-corrected chi connectivity index (χ0v) is 16.0. The molecule has 27 heavy (non-hydrogen) atoms. The predicted octanol–water partition coefficient (Wildman–Crippen LogP) is 4.08. The van der Waals surface area contributed by atoms with Crippen molar-refractivity contribution in [2.45, 2.75) is 18.1 Å². The van der Waals surface area contributed by atoms with Gasteiger partial charge in [0.05, 0.1) is 5.75 Å².